The van der Waals surface area contributed by atoms with Crippen LogP contribution < -0.4 is 10.0 Å². The lowest BCUT2D eigenvalue weighted by atomic mass is 10.1. The van der Waals surface area contributed by atoms with Gasteiger partial charge < -0.3 is 5.32 Å². The first-order chi connectivity index (χ1) is 11.3. The van der Waals surface area contributed by atoms with Gasteiger partial charge in [0.1, 0.15) is 0 Å². The molecule has 0 unspecified atom stereocenters. The summed E-state index contributed by atoms with van der Waals surface area (Å²) < 4.78 is 26.2. The van der Waals surface area contributed by atoms with Crippen molar-refractivity contribution in [2.45, 2.75) is 24.8 Å². The average molecular weight is 367 g/mol. The van der Waals surface area contributed by atoms with Crippen LogP contribution in [0, 0.1) is 0 Å². The van der Waals surface area contributed by atoms with E-state index in [1.54, 1.807) is 19.1 Å². The van der Waals surface area contributed by atoms with Gasteiger partial charge in [0, 0.05) is 17.1 Å². The van der Waals surface area contributed by atoms with Crippen LogP contribution in [0.5, 0.6) is 0 Å². The summed E-state index contributed by atoms with van der Waals surface area (Å²) in [7, 11) is -3.52. The summed E-state index contributed by atoms with van der Waals surface area (Å²) in [6, 6.07) is 12.8. The summed E-state index contributed by atoms with van der Waals surface area (Å²) in [5.74, 6) is -0.273. The highest BCUT2D eigenvalue weighted by Crippen LogP contribution is 2.17. The fourth-order valence-corrected chi connectivity index (χ4v) is 3.34. The van der Waals surface area contributed by atoms with Crippen LogP contribution in [0.3, 0.4) is 0 Å². The maximum Gasteiger partial charge on any atom is 0.251 e. The van der Waals surface area contributed by atoms with E-state index in [0.29, 0.717) is 17.1 Å². The van der Waals surface area contributed by atoms with E-state index < -0.39 is 10.0 Å². The molecular weight excluding hydrogens is 348 g/mol. The van der Waals surface area contributed by atoms with E-state index in [4.69, 9.17) is 11.6 Å². The monoisotopic (exact) mass is 366 g/mol. The fraction of sp³-hybridized carbons (Fsp3) is 0.235. The molecule has 1 atom stereocenters. The van der Waals surface area contributed by atoms with Crippen LogP contribution in [-0.2, 0) is 10.0 Å². The minimum atomic E-state index is -3.52. The number of rotatable bonds is 6. The molecule has 2 N–H and O–H groups in total. The summed E-state index contributed by atoms with van der Waals surface area (Å²) in [6.45, 7) is 3.88. The zero-order chi connectivity index (χ0) is 17.7. The Morgan fingerprint density at radius 1 is 1.08 bits per heavy atom. The van der Waals surface area contributed by atoms with Crippen LogP contribution in [0.25, 0.3) is 0 Å². The summed E-state index contributed by atoms with van der Waals surface area (Å²) >= 11 is 5.85. The predicted octanol–water partition coefficient (Wildman–Crippen LogP) is 3.13. The predicted molar refractivity (Wildman–Crippen MR) is 94.6 cm³/mol. The van der Waals surface area contributed by atoms with Gasteiger partial charge in [0.15, 0.2) is 0 Å². The number of hydrogen-bond donors (Lipinski definition) is 2. The molecule has 0 saturated carbocycles. The Labute approximate surface area is 147 Å². The SMILES string of the molecule is CCNS(=O)(=O)c1ccc(C(=O)N[C@H](C)c2ccc(Cl)cc2)cc1. The lowest BCUT2D eigenvalue weighted by Crippen LogP contribution is -2.27. The van der Waals surface area contributed by atoms with Crippen molar-refractivity contribution in [3.05, 3.63) is 64.7 Å². The first kappa shape index (κ1) is 18.4. The molecule has 0 aliphatic rings. The van der Waals surface area contributed by atoms with Crippen LogP contribution >= 0.6 is 11.6 Å². The van der Waals surface area contributed by atoms with Gasteiger partial charge in [0.25, 0.3) is 5.91 Å². The van der Waals surface area contributed by atoms with E-state index in [9.17, 15) is 13.2 Å². The Morgan fingerprint density at radius 3 is 2.21 bits per heavy atom. The lowest BCUT2D eigenvalue weighted by molar-refractivity contribution is 0.0940. The molecule has 2 aromatic rings. The van der Waals surface area contributed by atoms with Gasteiger partial charge in [0.05, 0.1) is 10.9 Å². The van der Waals surface area contributed by atoms with Gasteiger partial charge in [-0.15, -0.1) is 0 Å². The van der Waals surface area contributed by atoms with E-state index in [-0.39, 0.29) is 16.8 Å². The Balaban J connectivity index is 2.09. The van der Waals surface area contributed by atoms with E-state index in [1.807, 2.05) is 19.1 Å². The number of amides is 1. The maximum absolute atomic E-state index is 12.3. The third-order valence-electron chi connectivity index (χ3n) is 3.48. The molecule has 24 heavy (non-hydrogen) atoms. The van der Waals surface area contributed by atoms with E-state index in [0.717, 1.165) is 5.56 Å². The van der Waals surface area contributed by atoms with Gasteiger partial charge in [-0.3, -0.25) is 4.79 Å². The topological polar surface area (TPSA) is 75.3 Å². The molecule has 7 heteroatoms. The summed E-state index contributed by atoms with van der Waals surface area (Å²) in [6.07, 6.45) is 0. The molecule has 0 aromatic heterocycles. The molecular formula is C17H19ClN2O3S. The normalized spacial score (nSPS) is 12.6. The second kappa shape index (κ2) is 7.79. The van der Waals surface area contributed by atoms with Gasteiger partial charge in [0.2, 0.25) is 10.0 Å². The van der Waals surface area contributed by atoms with Crippen LogP contribution in [0.4, 0.5) is 0 Å². The van der Waals surface area contributed by atoms with Crippen molar-refractivity contribution in [2.24, 2.45) is 0 Å². The van der Waals surface area contributed by atoms with Crippen LogP contribution in [0.1, 0.15) is 35.8 Å². The third kappa shape index (κ3) is 4.56. The zero-order valence-corrected chi connectivity index (χ0v) is 15.0. The molecule has 0 aliphatic heterocycles. The second-order valence-electron chi connectivity index (χ2n) is 5.27. The second-order valence-corrected chi connectivity index (χ2v) is 7.48. The molecule has 0 saturated heterocycles. The van der Waals surface area contributed by atoms with Crippen LogP contribution in [0.2, 0.25) is 5.02 Å². The van der Waals surface area contributed by atoms with Gasteiger partial charge in [-0.05, 0) is 48.9 Å². The number of carbonyl (C=O) groups is 1. The fourth-order valence-electron chi connectivity index (χ4n) is 2.17. The standard InChI is InChI=1S/C17H19ClN2O3S/c1-3-19-24(22,23)16-10-6-14(7-11-16)17(21)20-12(2)13-4-8-15(18)9-5-13/h4-12,19H,3H2,1-2H3,(H,20,21)/t12-/m1/s1. The Kier molecular flexibility index (Phi) is 5.99. The van der Waals surface area contributed by atoms with Crippen molar-refractivity contribution in [1.82, 2.24) is 10.0 Å². The smallest absolute Gasteiger partial charge is 0.251 e. The minimum Gasteiger partial charge on any atom is -0.346 e. The summed E-state index contributed by atoms with van der Waals surface area (Å²) in [5.41, 5.74) is 1.32. The van der Waals surface area contributed by atoms with Crippen molar-refractivity contribution >= 4 is 27.5 Å². The van der Waals surface area contributed by atoms with Gasteiger partial charge in [-0.1, -0.05) is 30.7 Å². The molecule has 0 heterocycles. The number of benzene rings is 2. The van der Waals surface area contributed by atoms with Gasteiger partial charge >= 0.3 is 0 Å². The molecule has 128 valence electrons. The van der Waals surface area contributed by atoms with Crippen molar-refractivity contribution in [2.75, 3.05) is 6.54 Å². The molecule has 0 aliphatic carbocycles. The minimum absolute atomic E-state index is 0.131. The highest BCUT2D eigenvalue weighted by molar-refractivity contribution is 7.89. The highest BCUT2D eigenvalue weighted by Gasteiger charge is 2.15. The van der Waals surface area contributed by atoms with Crippen molar-refractivity contribution in [3.63, 3.8) is 0 Å². The lowest BCUT2D eigenvalue weighted by Gasteiger charge is -2.14. The largest absolute Gasteiger partial charge is 0.346 e. The number of sulfonamides is 1. The number of nitrogens with one attached hydrogen (secondary N) is 2. The van der Waals surface area contributed by atoms with E-state index in [1.165, 1.54) is 24.3 Å². The molecule has 0 spiro atoms. The molecule has 2 aromatic carbocycles. The summed E-state index contributed by atoms with van der Waals surface area (Å²) in [5, 5.41) is 3.50. The van der Waals surface area contributed by atoms with Crippen molar-refractivity contribution in [1.29, 1.82) is 0 Å². The Morgan fingerprint density at radius 2 is 1.67 bits per heavy atom. The molecule has 0 bridgehead atoms. The molecule has 0 radical (unpaired) electrons. The van der Waals surface area contributed by atoms with Crippen molar-refractivity contribution < 1.29 is 13.2 Å². The van der Waals surface area contributed by atoms with Crippen LogP contribution in [0.15, 0.2) is 53.4 Å². The maximum atomic E-state index is 12.3. The third-order valence-corrected chi connectivity index (χ3v) is 5.29. The summed E-state index contributed by atoms with van der Waals surface area (Å²) in [4.78, 5) is 12.4. The molecule has 2 rings (SSSR count). The number of hydrogen-bond acceptors (Lipinski definition) is 3. The Bertz CT molecular complexity index is 803. The molecule has 1 amide bonds. The zero-order valence-electron chi connectivity index (χ0n) is 13.4. The quantitative estimate of drug-likeness (QED) is 0.824. The van der Waals surface area contributed by atoms with E-state index >= 15 is 0 Å². The highest BCUT2D eigenvalue weighted by atomic mass is 35.5. The Hall–Kier alpha value is -1.89. The molecule has 0 fully saturated rings. The van der Waals surface area contributed by atoms with Crippen molar-refractivity contribution in [3.8, 4) is 0 Å². The number of carbonyl (C=O) groups excluding carboxylic acids is 1. The first-order valence-corrected chi connectivity index (χ1v) is 9.35. The first-order valence-electron chi connectivity index (χ1n) is 7.49. The van der Waals surface area contributed by atoms with E-state index in [2.05, 4.69) is 10.0 Å². The van der Waals surface area contributed by atoms with Gasteiger partial charge in [-0.25, -0.2) is 13.1 Å². The molecule has 5 nitrogen and oxygen atoms in total. The average Bonchev–Trinajstić information content (AvgIpc) is 2.55. The van der Waals surface area contributed by atoms with Gasteiger partial charge in [-0.2, -0.15) is 0 Å². The number of halogens is 1. The van der Waals surface area contributed by atoms with Crippen LogP contribution in [-0.4, -0.2) is 20.9 Å².